The number of hydrogen-bond donors (Lipinski definition) is 0. The largest absolute Gasteiger partial charge is 0.495 e. The summed E-state index contributed by atoms with van der Waals surface area (Å²) in [5.74, 6) is 0.521. The second-order valence-corrected chi connectivity index (χ2v) is 8.12. The first kappa shape index (κ1) is 18.8. The molecule has 0 spiro atoms. The Morgan fingerprint density at radius 3 is 2.54 bits per heavy atom. The van der Waals surface area contributed by atoms with Gasteiger partial charge in [0.05, 0.1) is 7.11 Å². The maximum Gasteiger partial charge on any atom is 0.246 e. The van der Waals surface area contributed by atoms with Crippen LogP contribution in [-0.2, 0) is 16.6 Å². The number of benzene rings is 1. The zero-order chi connectivity index (χ0) is 18.7. The van der Waals surface area contributed by atoms with Crippen LogP contribution >= 0.6 is 0 Å². The summed E-state index contributed by atoms with van der Waals surface area (Å²) in [5.41, 5.74) is 0. The van der Waals surface area contributed by atoms with E-state index in [0.29, 0.717) is 26.2 Å². The summed E-state index contributed by atoms with van der Waals surface area (Å²) in [4.78, 5) is 6.29. The van der Waals surface area contributed by atoms with E-state index in [4.69, 9.17) is 4.74 Å². The zero-order valence-corrected chi connectivity index (χ0v) is 15.7. The monoisotopic (exact) mass is 382 g/mol. The lowest BCUT2D eigenvalue weighted by Gasteiger charge is -2.34. The number of rotatable bonds is 6. The SMILES string of the molecule is COc1ccc(F)cc1S(=O)(=O)N1CCN(CCn2ccnc2C)CC1. The molecule has 0 amide bonds. The summed E-state index contributed by atoms with van der Waals surface area (Å²) < 4.78 is 47.8. The zero-order valence-electron chi connectivity index (χ0n) is 14.9. The predicted octanol–water partition coefficient (Wildman–Crippen LogP) is 1.35. The average Bonchev–Trinajstić information content (AvgIpc) is 3.05. The number of halogens is 1. The molecule has 0 N–H and O–H groups in total. The number of aromatic nitrogens is 2. The van der Waals surface area contributed by atoms with Crippen LogP contribution in [-0.4, -0.2) is 67.0 Å². The van der Waals surface area contributed by atoms with Crippen molar-refractivity contribution in [3.8, 4) is 5.75 Å². The van der Waals surface area contributed by atoms with Gasteiger partial charge in [-0.15, -0.1) is 0 Å². The summed E-state index contributed by atoms with van der Waals surface area (Å²) in [6.07, 6.45) is 3.71. The molecule has 0 saturated carbocycles. The molecular formula is C17H23FN4O3S. The highest BCUT2D eigenvalue weighted by Crippen LogP contribution is 2.28. The van der Waals surface area contributed by atoms with Gasteiger partial charge in [-0.2, -0.15) is 4.31 Å². The third kappa shape index (κ3) is 3.89. The van der Waals surface area contributed by atoms with Crippen LogP contribution in [0.5, 0.6) is 5.75 Å². The van der Waals surface area contributed by atoms with Crippen molar-refractivity contribution < 1.29 is 17.5 Å². The van der Waals surface area contributed by atoms with Gasteiger partial charge in [-0.25, -0.2) is 17.8 Å². The summed E-state index contributed by atoms with van der Waals surface area (Å²) in [7, 11) is -2.41. The van der Waals surface area contributed by atoms with Gasteiger partial charge in [0, 0.05) is 51.7 Å². The van der Waals surface area contributed by atoms with Crippen molar-refractivity contribution in [1.82, 2.24) is 18.8 Å². The molecule has 3 rings (SSSR count). The molecule has 9 heteroatoms. The van der Waals surface area contributed by atoms with Gasteiger partial charge in [0.15, 0.2) is 0 Å². The molecule has 26 heavy (non-hydrogen) atoms. The number of piperazine rings is 1. The number of sulfonamides is 1. The van der Waals surface area contributed by atoms with E-state index >= 15 is 0 Å². The predicted molar refractivity (Wildman–Crippen MR) is 95.1 cm³/mol. The molecule has 1 fully saturated rings. The second kappa shape index (κ2) is 7.73. The van der Waals surface area contributed by atoms with Crippen LogP contribution in [0.3, 0.4) is 0 Å². The molecule has 0 aliphatic carbocycles. The fourth-order valence-corrected chi connectivity index (χ4v) is 4.66. The Morgan fingerprint density at radius 1 is 1.19 bits per heavy atom. The lowest BCUT2D eigenvalue weighted by Crippen LogP contribution is -2.49. The van der Waals surface area contributed by atoms with Crippen LogP contribution in [0.25, 0.3) is 0 Å². The lowest BCUT2D eigenvalue weighted by molar-refractivity contribution is 0.182. The molecule has 1 saturated heterocycles. The van der Waals surface area contributed by atoms with Crippen molar-refractivity contribution in [3.05, 3.63) is 42.2 Å². The maximum absolute atomic E-state index is 13.6. The second-order valence-electron chi connectivity index (χ2n) is 6.21. The van der Waals surface area contributed by atoms with Crippen molar-refractivity contribution in [1.29, 1.82) is 0 Å². The van der Waals surface area contributed by atoms with Gasteiger partial charge < -0.3 is 9.30 Å². The quantitative estimate of drug-likeness (QED) is 0.754. The maximum atomic E-state index is 13.6. The van der Waals surface area contributed by atoms with Crippen LogP contribution in [0.2, 0.25) is 0 Å². The minimum Gasteiger partial charge on any atom is -0.495 e. The van der Waals surface area contributed by atoms with E-state index in [-0.39, 0.29) is 10.6 Å². The van der Waals surface area contributed by atoms with E-state index < -0.39 is 15.8 Å². The van der Waals surface area contributed by atoms with E-state index in [1.54, 1.807) is 6.20 Å². The molecule has 2 aromatic rings. The highest BCUT2D eigenvalue weighted by Gasteiger charge is 2.31. The van der Waals surface area contributed by atoms with E-state index in [0.717, 1.165) is 25.0 Å². The molecule has 2 heterocycles. The van der Waals surface area contributed by atoms with Gasteiger partial charge in [0.1, 0.15) is 22.3 Å². The topological polar surface area (TPSA) is 67.7 Å². The highest BCUT2D eigenvalue weighted by molar-refractivity contribution is 7.89. The van der Waals surface area contributed by atoms with Crippen molar-refractivity contribution >= 4 is 10.0 Å². The highest BCUT2D eigenvalue weighted by atomic mass is 32.2. The molecular weight excluding hydrogens is 359 g/mol. The van der Waals surface area contributed by atoms with Crippen LogP contribution < -0.4 is 4.74 Å². The summed E-state index contributed by atoms with van der Waals surface area (Å²) >= 11 is 0. The van der Waals surface area contributed by atoms with Crippen LogP contribution in [0.4, 0.5) is 4.39 Å². The van der Waals surface area contributed by atoms with E-state index in [1.807, 2.05) is 13.1 Å². The Kier molecular flexibility index (Phi) is 5.59. The third-order valence-corrected chi connectivity index (χ3v) is 6.58. The summed E-state index contributed by atoms with van der Waals surface area (Å²) in [6, 6.07) is 3.54. The van der Waals surface area contributed by atoms with Crippen LogP contribution in [0.15, 0.2) is 35.5 Å². The Bertz CT molecular complexity index is 861. The lowest BCUT2D eigenvalue weighted by atomic mass is 10.3. The third-order valence-electron chi connectivity index (χ3n) is 4.66. The standard InChI is InChI=1S/C17H23FN4O3S/c1-14-19-5-6-21(14)10-7-20-8-11-22(12-9-20)26(23,24)17-13-15(18)3-4-16(17)25-2/h3-6,13H,7-12H2,1-2H3. The smallest absolute Gasteiger partial charge is 0.246 e. The van der Waals surface area contributed by atoms with E-state index in [9.17, 15) is 12.8 Å². The number of methoxy groups -OCH3 is 1. The van der Waals surface area contributed by atoms with E-state index in [1.165, 1.54) is 23.5 Å². The molecule has 0 unspecified atom stereocenters. The summed E-state index contributed by atoms with van der Waals surface area (Å²) in [5, 5.41) is 0. The Balaban J connectivity index is 1.64. The minimum atomic E-state index is -3.79. The van der Waals surface area contributed by atoms with Crippen molar-refractivity contribution in [2.24, 2.45) is 0 Å². The molecule has 7 nitrogen and oxygen atoms in total. The molecule has 142 valence electrons. The van der Waals surface area contributed by atoms with Gasteiger partial charge in [0.25, 0.3) is 0 Å². The number of nitrogens with zero attached hydrogens (tertiary/aromatic N) is 4. The number of imidazole rings is 1. The minimum absolute atomic E-state index is 0.123. The van der Waals surface area contributed by atoms with Crippen LogP contribution in [0.1, 0.15) is 5.82 Å². The average molecular weight is 382 g/mol. The van der Waals surface area contributed by atoms with Gasteiger partial charge in [-0.05, 0) is 25.1 Å². The van der Waals surface area contributed by atoms with Crippen LogP contribution in [0, 0.1) is 12.7 Å². The van der Waals surface area contributed by atoms with Crippen molar-refractivity contribution in [2.45, 2.75) is 18.4 Å². The number of aryl methyl sites for hydroxylation is 1. The van der Waals surface area contributed by atoms with E-state index in [2.05, 4.69) is 14.5 Å². The van der Waals surface area contributed by atoms with Gasteiger partial charge in [0.2, 0.25) is 10.0 Å². The fourth-order valence-electron chi connectivity index (χ4n) is 3.07. The number of ether oxygens (including phenoxy) is 1. The number of hydrogen-bond acceptors (Lipinski definition) is 5. The Hall–Kier alpha value is -1.97. The summed E-state index contributed by atoms with van der Waals surface area (Å²) in [6.45, 7) is 5.59. The van der Waals surface area contributed by atoms with Gasteiger partial charge in [-0.3, -0.25) is 4.90 Å². The first-order valence-electron chi connectivity index (χ1n) is 8.45. The molecule has 1 aliphatic rings. The fraction of sp³-hybridized carbons (Fsp3) is 0.471. The normalized spacial score (nSPS) is 16.7. The molecule has 0 bridgehead atoms. The first-order valence-corrected chi connectivity index (χ1v) is 9.89. The molecule has 0 atom stereocenters. The molecule has 0 radical (unpaired) electrons. The van der Waals surface area contributed by atoms with Gasteiger partial charge in [-0.1, -0.05) is 0 Å². The Morgan fingerprint density at radius 2 is 1.92 bits per heavy atom. The van der Waals surface area contributed by atoms with Crippen molar-refractivity contribution in [2.75, 3.05) is 39.8 Å². The Labute approximate surface area is 153 Å². The first-order chi connectivity index (χ1) is 12.4. The molecule has 1 aromatic carbocycles. The van der Waals surface area contributed by atoms with Gasteiger partial charge >= 0.3 is 0 Å². The van der Waals surface area contributed by atoms with Crippen molar-refractivity contribution in [3.63, 3.8) is 0 Å². The molecule has 1 aliphatic heterocycles. The molecule has 1 aromatic heterocycles.